The molecule has 1 aromatic rings. The Morgan fingerprint density at radius 2 is 2.05 bits per heavy atom. The molecule has 3 nitrogen and oxygen atoms in total. The molecule has 1 fully saturated rings. The van der Waals surface area contributed by atoms with E-state index in [2.05, 4.69) is 5.32 Å². The average Bonchev–Trinajstić information content (AvgIpc) is 2.40. The third-order valence-corrected chi connectivity index (χ3v) is 3.87. The van der Waals surface area contributed by atoms with Crippen LogP contribution in [0.3, 0.4) is 0 Å². The number of amides is 1. The lowest BCUT2D eigenvalue weighted by atomic mass is 9.86. The normalized spacial score (nSPS) is 21.5. The highest BCUT2D eigenvalue weighted by Gasteiger charge is 2.21. The Balaban J connectivity index is 0.00000220. The van der Waals surface area contributed by atoms with Crippen molar-refractivity contribution in [2.45, 2.75) is 38.6 Å². The van der Waals surface area contributed by atoms with Gasteiger partial charge in [-0.15, -0.1) is 12.4 Å². The van der Waals surface area contributed by atoms with Gasteiger partial charge in [-0.1, -0.05) is 6.42 Å². The van der Waals surface area contributed by atoms with Gasteiger partial charge in [0.15, 0.2) is 0 Å². The van der Waals surface area contributed by atoms with Crippen LogP contribution in [0, 0.1) is 24.5 Å². The van der Waals surface area contributed by atoms with Gasteiger partial charge in [-0.05, 0) is 43.7 Å². The third-order valence-electron chi connectivity index (χ3n) is 3.87. The molecule has 0 spiro atoms. The van der Waals surface area contributed by atoms with Crippen molar-refractivity contribution in [3.8, 4) is 0 Å². The molecule has 0 radical (unpaired) electrons. The maximum absolute atomic E-state index is 13.6. The fourth-order valence-corrected chi connectivity index (χ4v) is 2.68. The summed E-state index contributed by atoms with van der Waals surface area (Å²) in [6.45, 7) is 1.99. The number of nitrogens with two attached hydrogens (primary N) is 1. The fourth-order valence-electron chi connectivity index (χ4n) is 2.68. The summed E-state index contributed by atoms with van der Waals surface area (Å²) in [6, 6.07) is 2.18. The summed E-state index contributed by atoms with van der Waals surface area (Å²) in [7, 11) is 0. The average molecular weight is 319 g/mol. The van der Waals surface area contributed by atoms with Crippen LogP contribution in [0.2, 0.25) is 0 Å². The second-order valence-electron chi connectivity index (χ2n) is 5.58. The molecule has 1 aliphatic rings. The van der Waals surface area contributed by atoms with Crippen molar-refractivity contribution in [2.75, 3.05) is 6.54 Å². The highest BCUT2D eigenvalue weighted by atomic mass is 35.5. The van der Waals surface area contributed by atoms with Gasteiger partial charge in [0.25, 0.3) is 5.91 Å². The summed E-state index contributed by atoms with van der Waals surface area (Å²) in [6.07, 6.45) is 3.99. The molecule has 0 bridgehead atoms. The fraction of sp³-hybridized carbons (Fsp3) is 0.533. The molecule has 6 heteroatoms. The predicted octanol–water partition coefficient (Wildman–Crippen LogP) is 2.94. The lowest BCUT2D eigenvalue weighted by molar-refractivity contribution is 0.0938. The third kappa shape index (κ3) is 4.64. The van der Waals surface area contributed by atoms with Crippen LogP contribution in [0.1, 0.15) is 41.6 Å². The lowest BCUT2D eigenvalue weighted by Gasteiger charge is -2.26. The number of rotatable bonds is 3. The number of carbonyl (C=O) groups is 1. The standard InChI is InChI=1S/C15H20F2N2O.ClH/c1-9-5-12(14(17)7-13(9)16)15(20)19-8-10-3-2-4-11(18)6-10;/h5,7,10-11H,2-4,6,8,18H2,1H3,(H,19,20);1H. The quantitative estimate of drug-likeness (QED) is 0.900. The van der Waals surface area contributed by atoms with Crippen LogP contribution < -0.4 is 11.1 Å². The number of aryl methyl sites for hydroxylation is 1. The Kier molecular flexibility index (Phi) is 6.55. The van der Waals surface area contributed by atoms with Gasteiger partial charge in [0.05, 0.1) is 5.56 Å². The Bertz CT molecular complexity index is 511. The minimum absolute atomic E-state index is 0. The molecule has 2 atom stereocenters. The van der Waals surface area contributed by atoms with E-state index < -0.39 is 17.5 Å². The predicted molar refractivity (Wildman–Crippen MR) is 80.6 cm³/mol. The summed E-state index contributed by atoms with van der Waals surface area (Å²) >= 11 is 0. The van der Waals surface area contributed by atoms with Crippen LogP contribution in [0.25, 0.3) is 0 Å². The zero-order valence-corrected chi connectivity index (χ0v) is 12.8. The minimum Gasteiger partial charge on any atom is -0.352 e. The van der Waals surface area contributed by atoms with Crippen LogP contribution >= 0.6 is 12.4 Å². The van der Waals surface area contributed by atoms with Crippen LogP contribution in [-0.2, 0) is 0 Å². The molecule has 0 aliphatic heterocycles. The zero-order valence-electron chi connectivity index (χ0n) is 12.0. The number of carbonyl (C=O) groups excluding carboxylic acids is 1. The summed E-state index contributed by atoms with van der Waals surface area (Å²) in [4.78, 5) is 11.9. The van der Waals surface area contributed by atoms with Crippen molar-refractivity contribution in [1.82, 2.24) is 5.32 Å². The SMILES string of the molecule is Cc1cc(C(=O)NCC2CCCC(N)C2)c(F)cc1F.Cl. The van der Waals surface area contributed by atoms with Crippen molar-refractivity contribution < 1.29 is 13.6 Å². The molecule has 3 N–H and O–H groups in total. The monoisotopic (exact) mass is 318 g/mol. The molecule has 21 heavy (non-hydrogen) atoms. The van der Waals surface area contributed by atoms with E-state index in [0.717, 1.165) is 31.7 Å². The van der Waals surface area contributed by atoms with E-state index in [9.17, 15) is 13.6 Å². The molecular formula is C15H21ClF2N2O. The van der Waals surface area contributed by atoms with E-state index in [1.54, 1.807) is 0 Å². The highest BCUT2D eigenvalue weighted by Crippen LogP contribution is 2.22. The lowest BCUT2D eigenvalue weighted by Crippen LogP contribution is -2.35. The van der Waals surface area contributed by atoms with Gasteiger partial charge >= 0.3 is 0 Å². The maximum atomic E-state index is 13.6. The van der Waals surface area contributed by atoms with Gasteiger partial charge in [0.2, 0.25) is 0 Å². The number of benzene rings is 1. The van der Waals surface area contributed by atoms with Gasteiger partial charge in [-0.2, -0.15) is 0 Å². The van der Waals surface area contributed by atoms with E-state index in [-0.39, 0.29) is 29.6 Å². The number of nitrogens with one attached hydrogen (secondary N) is 1. The summed E-state index contributed by atoms with van der Waals surface area (Å²) in [5, 5.41) is 2.72. The Morgan fingerprint density at radius 1 is 1.33 bits per heavy atom. The summed E-state index contributed by atoms with van der Waals surface area (Å²) in [5.74, 6) is -1.62. The zero-order chi connectivity index (χ0) is 14.7. The molecule has 0 saturated heterocycles. The molecule has 1 amide bonds. The topological polar surface area (TPSA) is 55.1 Å². The Hall–Kier alpha value is -1.20. The van der Waals surface area contributed by atoms with Crippen molar-refractivity contribution in [3.05, 3.63) is 34.9 Å². The molecule has 0 aromatic heterocycles. The van der Waals surface area contributed by atoms with Gasteiger partial charge < -0.3 is 11.1 Å². The maximum Gasteiger partial charge on any atom is 0.254 e. The van der Waals surface area contributed by atoms with Crippen molar-refractivity contribution in [2.24, 2.45) is 11.7 Å². The van der Waals surface area contributed by atoms with Crippen LogP contribution in [-0.4, -0.2) is 18.5 Å². The minimum atomic E-state index is -0.828. The first-order chi connectivity index (χ1) is 9.47. The van der Waals surface area contributed by atoms with Gasteiger partial charge in [-0.3, -0.25) is 4.79 Å². The molecule has 118 valence electrons. The second kappa shape index (κ2) is 7.71. The molecule has 1 aliphatic carbocycles. The molecule has 0 heterocycles. The summed E-state index contributed by atoms with van der Waals surface area (Å²) in [5.41, 5.74) is 6.04. The Morgan fingerprint density at radius 3 is 2.71 bits per heavy atom. The smallest absolute Gasteiger partial charge is 0.254 e. The molecular weight excluding hydrogens is 298 g/mol. The van der Waals surface area contributed by atoms with Crippen LogP contribution in [0.5, 0.6) is 0 Å². The Labute approximate surface area is 129 Å². The first-order valence-electron chi connectivity index (χ1n) is 6.96. The highest BCUT2D eigenvalue weighted by molar-refractivity contribution is 5.94. The molecule has 2 unspecified atom stereocenters. The second-order valence-corrected chi connectivity index (χ2v) is 5.58. The molecule has 2 rings (SSSR count). The van der Waals surface area contributed by atoms with E-state index in [1.165, 1.54) is 13.0 Å². The largest absolute Gasteiger partial charge is 0.352 e. The first-order valence-corrected chi connectivity index (χ1v) is 6.96. The molecule has 1 aromatic carbocycles. The molecule has 1 saturated carbocycles. The van der Waals surface area contributed by atoms with Crippen molar-refractivity contribution in [1.29, 1.82) is 0 Å². The van der Waals surface area contributed by atoms with Crippen molar-refractivity contribution in [3.63, 3.8) is 0 Å². The van der Waals surface area contributed by atoms with Crippen molar-refractivity contribution >= 4 is 18.3 Å². The van der Waals surface area contributed by atoms with Gasteiger partial charge in [0.1, 0.15) is 11.6 Å². The van der Waals surface area contributed by atoms with Gasteiger partial charge in [-0.25, -0.2) is 8.78 Å². The van der Waals surface area contributed by atoms with Crippen LogP contribution in [0.15, 0.2) is 12.1 Å². The van der Waals surface area contributed by atoms with Crippen LogP contribution in [0.4, 0.5) is 8.78 Å². The van der Waals surface area contributed by atoms with E-state index in [1.807, 2.05) is 0 Å². The van der Waals surface area contributed by atoms with Gasteiger partial charge in [0, 0.05) is 18.7 Å². The van der Waals surface area contributed by atoms with E-state index in [4.69, 9.17) is 5.73 Å². The van der Waals surface area contributed by atoms with E-state index in [0.29, 0.717) is 12.5 Å². The summed E-state index contributed by atoms with van der Waals surface area (Å²) < 4.78 is 26.7. The first kappa shape index (κ1) is 17.9. The number of hydrogen-bond acceptors (Lipinski definition) is 2. The number of hydrogen-bond donors (Lipinski definition) is 2. The number of halogens is 3. The van der Waals surface area contributed by atoms with E-state index >= 15 is 0 Å².